The minimum Gasteiger partial charge on any atom is -0.489 e. The van der Waals surface area contributed by atoms with Crippen molar-refractivity contribution < 1.29 is 27.4 Å². The third kappa shape index (κ3) is 4.95. The second-order valence-electron chi connectivity index (χ2n) is 7.13. The fourth-order valence-corrected chi connectivity index (χ4v) is 3.70. The summed E-state index contributed by atoms with van der Waals surface area (Å²) >= 11 is 0. The number of aromatic amines is 1. The number of hydrogen-bond donors (Lipinski definition) is 1. The number of carbonyl (C=O) groups excluding carboxylic acids is 1. The number of aldehydes is 1. The number of aromatic nitrogens is 2. The largest absolute Gasteiger partial charge is 0.522 e. The maximum absolute atomic E-state index is 12.2. The van der Waals surface area contributed by atoms with Gasteiger partial charge in [-0.2, -0.15) is 5.10 Å². The molecule has 0 saturated carbocycles. The van der Waals surface area contributed by atoms with Crippen LogP contribution in [0.4, 0.5) is 13.2 Å². The molecule has 2 aromatic carbocycles. The van der Waals surface area contributed by atoms with Gasteiger partial charge in [-0.25, -0.2) is 0 Å². The average molecular weight is 431 g/mol. The van der Waals surface area contributed by atoms with Gasteiger partial charge in [0, 0.05) is 18.7 Å². The predicted octanol–water partition coefficient (Wildman–Crippen LogP) is 4.25. The van der Waals surface area contributed by atoms with Crippen LogP contribution in [0.1, 0.15) is 22.7 Å². The summed E-state index contributed by atoms with van der Waals surface area (Å²) in [7, 11) is 0. The van der Waals surface area contributed by atoms with Gasteiger partial charge >= 0.3 is 6.36 Å². The summed E-state index contributed by atoms with van der Waals surface area (Å²) < 4.78 is 46.5. The van der Waals surface area contributed by atoms with Crippen molar-refractivity contribution in [3.8, 4) is 17.0 Å². The van der Waals surface area contributed by atoms with Gasteiger partial charge in [-0.15, -0.1) is 13.2 Å². The Kier molecular flexibility index (Phi) is 6.06. The quantitative estimate of drug-likeness (QED) is 0.540. The number of alkyl halides is 3. The molecule has 1 aliphatic heterocycles. The molecule has 162 valence electrons. The summed E-state index contributed by atoms with van der Waals surface area (Å²) in [5.41, 5.74) is 4.37. The Balaban J connectivity index is 1.42. The van der Waals surface area contributed by atoms with Gasteiger partial charge in [0.15, 0.2) is 0 Å². The molecule has 1 N–H and O–H groups in total. The number of nitrogens with zero attached hydrogens (tertiary/aromatic N) is 2. The highest BCUT2D eigenvalue weighted by atomic mass is 19.4. The van der Waals surface area contributed by atoms with Crippen molar-refractivity contribution in [2.24, 2.45) is 0 Å². The highest BCUT2D eigenvalue weighted by Crippen LogP contribution is 2.35. The van der Waals surface area contributed by atoms with Crippen molar-refractivity contribution in [1.29, 1.82) is 0 Å². The molecule has 1 aromatic heterocycles. The fraction of sp³-hybridized carbons (Fsp3) is 0.273. The zero-order valence-corrected chi connectivity index (χ0v) is 16.4. The van der Waals surface area contributed by atoms with E-state index in [1.54, 1.807) is 23.2 Å². The van der Waals surface area contributed by atoms with Gasteiger partial charge in [0.05, 0.1) is 24.5 Å². The van der Waals surface area contributed by atoms with E-state index in [4.69, 9.17) is 4.74 Å². The second kappa shape index (κ2) is 8.91. The Morgan fingerprint density at radius 2 is 2.00 bits per heavy atom. The van der Waals surface area contributed by atoms with Crippen LogP contribution in [-0.4, -0.2) is 40.9 Å². The first-order chi connectivity index (χ1) is 14.9. The Hall–Kier alpha value is -3.17. The smallest absolute Gasteiger partial charge is 0.489 e. The van der Waals surface area contributed by atoms with Crippen LogP contribution in [0.25, 0.3) is 11.3 Å². The summed E-state index contributed by atoms with van der Waals surface area (Å²) in [6.07, 6.45) is -2.24. The van der Waals surface area contributed by atoms with Crippen molar-refractivity contribution in [2.75, 3.05) is 13.2 Å². The SMILES string of the molecule is O=CC1c2ccc(OCc3cn[nH]c3-c3ccccc3)cc2CN1CCOC(F)(F)F. The molecule has 31 heavy (non-hydrogen) atoms. The van der Waals surface area contributed by atoms with Gasteiger partial charge < -0.3 is 9.53 Å². The van der Waals surface area contributed by atoms with E-state index in [0.717, 1.165) is 34.2 Å². The molecule has 1 aliphatic rings. The zero-order valence-electron chi connectivity index (χ0n) is 16.4. The molecule has 0 fully saturated rings. The minimum atomic E-state index is -4.68. The molecule has 0 amide bonds. The van der Waals surface area contributed by atoms with Crippen LogP contribution in [-0.2, 0) is 22.7 Å². The van der Waals surface area contributed by atoms with Crippen LogP contribution in [0.5, 0.6) is 5.75 Å². The average Bonchev–Trinajstić information content (AvgIpc) is 3.35. The van der Waals surface area contributed by atoms with Gasteiger partial charge in [-0.05, 0) is 28.8 Å². The molecule has 3 aromatic rings. The van der Waals surface area contributed by atoms with E-state index >= 15 is 0 Å². The number of benzene rings is 2. The van der Waals surface area contributed by atoms with Crippen molar-refractivity contribution in [1.82, 2.24) is 15.1 Å². The Morgan fingerprint density at radius 1 is 1.19 bits per heavy atom. The lowest BCUT2D eigenvalue weighted by molar-refractivity contribution is -0.325. The number of nitrogens with one attached hydrogen (secondary N) is 1. The maximum Gasteiger partial charge on any atom is 0.522 e. The number of ether oxygens (including phenoxy) is 2. The van der Waals surface area contributed by atoms with E-state index in [0.29, 0.717) is 18.9 Å². The Labute approximate surface area is 176 Å². The summed E-state index contributed by atoms with van der Waals surface area (Å²) in [6, 6.07) is 14.5. The van der Waals surface area contributed by atoms with Crippen LogP contribution >= 0.6 is 0 Å². The van der Waals surface area contributed by atoms with E-state index < -0.39 is 19.0 Å². The van der Waals surface area contributed by atoms with Crippen LogP contribution < -0.4 is 4.74 Å². The maximum atomic E-state index is 12.2. The highest BCUT2D eigenvalue weighted by Gasteiger charge is 2.33. The van der Waals surface area contributed by atoms with Crippen LogP contribution in [0.3, 0.4) is 0 Å². The number of halogens is 3. The van der Waals surface area contributed by atoms with Gasteiger partial charge in [0.1, 0.15) is 18.6 Å². The lowest BCUT2D eigenvalue weighted by atomic mass is 10.1. The monoisotopic (exact) mass is 431 g/mol. The third-order valence-electron chi connectivity index (χ3n) is 5.15. The summed E-state index contributed by atoms with van der Waals surface area (Å²) in [6.45, 7) is 0.0923. The van der Waals surface area contributed by atoms with Gasteiger partial charge in [0.2, 0.25) is 0 Å². The van der Waals surface area contributed by atoms with Gasteiger partial charge in [0.25, 0.3) is 0 Å². The molecule has 1 atom stereocenters. The summed E-state index contributed by atoms with van der Waals surface area (Å²) in [4.78, 5) is 13.2. The molecular weight excluding hydrogens is 411 g/mol. The van der Waals surface area contributed by atoms with E-state index in [1.807, 2.05) is 36.4 Å². The van der Waals surface area contributed by atoms with E-state index in [2.05, 4.69) is 14.9 Å². The third-order valence-corrected chi connectivity index (χ3v) is 5.15. The Morgan fingerprint density at radius 3 is 2.74 bits per heavy atom. The second-order valence-corrected chi connectivity index (χ2v) is 7.13. The first kappa shape index (κ1) is 21.1. The predicted molar refractivity (Wildman–Crippen MR) is 106 cm³/mol. The zero-order chi connectivity index (χ0) is 21.8. The van der Waals surface area contributed by atoms with Gasteiger partial charge in [-0.3, -0.25) is 14.7 Å². The molecule has 2 heterocycles. The number of H-pyrrole nitrogens is 1. The van der Waals surface area contributed by atoms with Crippen LogP contribution in [0, 0.1) is 0 Å². The summed E-state index contributed by atoms with van der Waals surface area (Å²) in [5.74, 6) is 0.608. The first-order valence-corrected chi connectivity index (χ1v) is 9.68. The normalized spacial score (nSPS) is 16.3. The van der Waals surface area contributed by atoms with E-state index in [9.17, 15) is 18.0 Å². The van der Waals surface area contributed by atoms with Crippen molar-refractivity contribution in [3.63, 3.8) is 0 Å². The standard InChI is InChI=1S/C22H20F3N3O3/c23-22(24,25)31-9-8-28-12-16-10-18(6-7-19(16)20(28)13-29)30-14-17-11-26-27-21(17)15-4-2-1-3-5-15/h1-7,10-11,13,20H,8-9,12,14H2,(H,26,27). The molecule has 0 aliphatic carbocycles. The van der Waals surface area contributed by atoms with Crippen molar-refractivity contribution in [3.05, 3.63) is 71.4 Å². The van der Waals surface area contributed by atoms with E-state index in [-0.39, 0.29) is 6.54 Å². The number of carbonyl (C=O) groups is 1. The topological polar surface area (TPSA) is 67.5 Å². The minimum absolute atomic E-state index is 0.0107. The van der Waals surface area contributed by atoms with Crippen molar-refractivity contribution >= 4 is 6.29 Å². The molecule has 0 spiro atoms. The highest BCUT2D eigenvalue weighted by molar-refractivity contribution is 5.65. The molecular formula is C22H20F3N3O3. The van der Waals surface area contributed by atoms with Gasteiger partial charge in [-0.1, -0.05) is 36.4 Å². The Bertz CT molecular complexity index is 1040. The molecule has 0 bridgehead atoms. The molecule has 6 nitrogen and oxygen atoms in total. The molecule has 1 unspecified atom stereocenters. The summed E-state index contributed by atoms with van der Waals surface area (Å²) in [5, 5.41) is 7.08. The lowest BCUT2D eigenvalue weighted by Gasteiger charge is -2.20. The lowest BCUT2D eigenvalue weighted by Crippen LogP contribution is -2.29. The first-order valence-electron chi connectivity index (χ1n) is 9.68. The number of rotatable bonds is 8. The molecule has 9 heteroatoms. The van der Waals surface area contributed by atoms with Crippen LogP contribution in [0.15, 0.2) is 54.7 Å². The van der Waals surface area contributed by atoms with Crippen LogP contribution in [0.2, 0.25) is 0 Å². The van der Waals surface area contributed by atoms with Crippen molar-refractivity contribution in [2.45, 2.75) is 25.6 Å². The number of hydrogen-bond acceptors (Lipinski definition) is 5. The number of fused-ring (bicyclic) bond motifs is 1. The molecule has 0 saturated heterocycles. The fourth-order valence-electron chi connectivity index (χ4n) is 3.70. The molecule has 4 rings (SSSR count). The molecule has 0 radical (unpaired) electrons. The van der Waals surface area contributed by atoms with E-state index in [1.165, 1.54) is 0 Å².